The van der Waals surface area contributed by atoms with Gasteiger partial charge in [-0.15, -0.1) is 0 Å². The lowest BCUT2D eigenvalue weighted by Gasteiger charge is -2.12. The van der Waals surface area contributed by atoms with Gasteiger partial charge in [-0.2, -0.15) is 0 Å². The summed E-state index contributed by atoms with van der Waals surface area (Å²) in [6.45, 7) is 9.03. The van der Waals surface area contributed by atoms with E-state index in [4.69, 9.17) is 11.6 Å². The van der Waals surface area contributed by atoms with Crippen molar-refractivity contribution in [1.29, 1.82) is 0 Å². The molecule has 1 heterocycles. The molecule has 140 valence electrons. The molecule has 9 heteroatoms. The van der Waals surface area contributed by atoms with Crippen LogP contribution in [-0.2, 0) is 11.3 Å². The van der Waals surface area contributed by atoms with Crippen molar-refractivity contribution < 1.29 is 9.72 Å². The number of non-ortho nitro benzene ring substituents is 1. The van der Waals surface area contributed by atoms with Crippen molar-refractivity contribution in [3.05, 3.63) is 44.7 Å². The molecule has 0 atom stereocenters. The predicted octanol–water partition coefficient (Wildman–Crippen LogP) is 4.45. The third-order valence-corrected chi connectivity index (χ3v) is 5.04. The first-order valence-corrected chi connectivity index (χ1v) is 9.45. The zero-order valence-electron chi connectivity index (χ0n) is 15.1. The monoisotopic (exact) mass is 396 g/mol. The average Bonchev–Trinajstić information content (AvgIpc) is 2.82. The summed E-state index contributed by atoms with van der Waals surface area (Å²) in [6, 6.07) is 3.93. The zero-order valence-corrected chi connectivity index (χ0v) is 16.6. The van der Waals surface area contributed by atoms with Gasteiger partial charge in [-0.3, -0.25) is 14.9 Å². The van der Waals surface area contributed by atoms with Crippen molar-refractivity contribution >= 4 is 40.6 Å². The fraction of sp³-hybridized carbons (Fsp3) is 0.412. The maximum absolute atomic E-state index is 12.2. The highest BCUT2D eigenvalue weighted by atomic mass is 35.5. The molecule has 0 saturated heterocycles. The van der Waals surface area contributed by atoms with E-state index in [1.807, 2.05) is 13.8 Å². The molecule has 0 unspecified atom stereocenters. The molecule has 1 amide bonds. The molecule has 7 nitrogen and oxygen atoms in total. The number of aromatic nitrogens is 2. The number of anilines is 1. The van der Waals surface area contributed by atoms with Crippen LogP contribution in [0.1, 0.15) is 25.2 Å². The van der Waals surface area contributed by atoms with Crippen LogP contribution < -0.4 is 5.32 Å². The number of hydrogen-bond donors (Lipinski definition) is 1. The summed E-state index contributed by atoms with van der Waals surface area (Å²) in [5, 5.41) is 14.5. The van der Waals surface area contributed by atoms with E-state index in [9.17, 15) is 14.9 Å². The number of aryl methyl sites for hydroxylation is 1. The Labute approximate surface area is 161 Å². The average molecular weight is 397 g/mol. The molecule has 0 spiro atoms. The van der Waals surface area contributed by atoms with E-state index >= 15 is 0 Å². The third-order valence-electron chi connectivity index (χ3n) is 3.74. The Morgan fingerprint density at radius 2 is 2.12 bits per heavy atom. The molecule has 1 N–H and O–H groups in total. The Balaban J connectivity index is 2.07. The summed E-state index contributed by atoms with van der Waals surface area (Å²) >= 11 is 7.34. The largest absolute Gasteiger partial charge is 0.324 e. The zero-order chi connectivity index (χ0) is 19.4. The highest BCUT2D eigenvalue weighted by Crippen LogP contribution is 2.27. The number of halogens is 1. The van der Waals surface area contributed by atoms with Gasteiger partial charge in [0, 0.05) is 24.4 Å². The Hall–Kier alpha value is -2.06. The Kier molecular flexibility index (Phi) is 6.66. The number of nitrogens with zero attached hydrogens (tertiary/aromatic N) is 3. The number of rotatable bonds is 7. The van der Waals surface area contributed by atoms with Crippen LogP contribution in [0.2, 0.25) is 5.02 Å². The summed E-state index contributed by atoms with van der Waals surface area (Å²) in [4.78, 5) is 27.1. The molecular weight excluding hydrogens is 376 g/mol. The SMILES string of the molecule is Cc1nc(SCC(=O)Nc2cc([N+](=O)[O-])ccc2Cl)n(CC(C)C)c1C. The molecule has 0 aliphatic rings. The molecule has 1 aromatic carbocycles. The second-order valence-corrected chi connectivity index (χ2v) is 7.68. The third kappa shape index (κ3) is 4.98. The lowest BCUT2D eigenvalue weighted by Crippen LogP contribution is -2.15. The van der Waals surface area contributed by atoms with E-state index in [1.165, 1.54) is 30.0 Å². The number of thioether (sulfide) groups is 1. The number of nitrogens with one attached hydrogen (secondary N) is 1. The van der Waals surface area contributed by atoms with Gasteiger partial charge in [0.2, 0.25) is 5.91 Å². The fourth-order valence-electron chi connectivity index (χ4n) is 2.35. The van der Waals surface area contributed by atoms with Gasteiger partial charge in [-0.25, -0.2) is 4.98 Å². The van der Waals surface area contributed by atoms with Crippen molar-refractivity contribution in [2.75, 3.05) is 11.1 Å². The first-order valence-electron chi connectivity index (χ1n) is 8.09. The molecule has 0 radical (unpaired) electrons. The second kappa shape index (κ2) is 8.55. The number of benzene rings is 1. The maximum atomic E-state index is 12.2. The summed E-state index contributed by atoms with van der Waals surface area (Å²) in [5.74, 6) is 0.290. The molecule has 0 saturated carbocycles. The van der Waals surface area contributed by atoms with E-state index in [-0.39, 0.29) is 28.1 Å². The minimum atomic E-state index is -0.533. The van der Waals surface area contributed by atoms with Crippen LogP contribution in [0.3, 0.4) is 0 Å². The van der Waals surface area contributed by atoms with Gasteiger partial charge in [-0.1, -0.05) is 37.2 Å². The molecule has 2 aromatic rings. The number of carbonyl (C=O) groups excluding carboxylic acids is 1. The minimum absolute atomic E-state index is 0.129. The number of imidazole rings is 1. The molecule has 1 aromatic heterocycles. The Morgan fingerprint density at radius 3 is 2.73 bits per heavy atom. The van der Waals surface area contributed by atoms with Crippen molar-refractivity contribution in [3.63, 3.8) is 0 Å². The fourth-order valence-corrected chi connectivity index (χ4v) is 3.42. The lowest BCUT2D eigenvalue weighted by atomic mass is 10.2. The van der Waals surface area contributed by atoms with E-state index < -0.39 is 4.92 Å². The van der Waals surface area contributed by atoms with Crippen molar-refractivity contribution in [2.45, 2.75) is 39.4 Å². The van der Waals surface area contributed by atoms with Gasteiger partial charge in [0.25, 0.3) is 5.69 Å². The van der Waals surface area contributed by atoms with Crippen LogP contribution in [0.5, 0.6) is 0 Å². The first kappa shape index (κ1) is 20.3. The highest BCUT2D eigenvalue weighted by Gasteiger charge is 2.16. The molecular formula is C17H21ClN4O3S. The standard InChI is InChI=1S/C17H21ClN4O3S/c1-10(2)8-21-12(4)11(3)19-17(21)26-9-16(23)20-15-7-13(22(24)25)5-6-14(15)18/h5-7,10H,8-9H2,1-4H3,(H,20,23). The van der Waals surface area contributed by atoms with Gasteiger partial charge in [-0.05, 0) is 25.8 Å². The normalized spacial score (nSPS) is 11.0. The van der Waals surface area contributed by atoms with Crippen LogP contribution in [0.15, 0.2) is 23.4 Å². The number of amides is 1. The van der Waals surface area contributed by atoms with Crippen molar-refractivity contribution in [1.82, 2.24) is 9.55 Å². The quantitative estimate of drug-likeness (QED) is 0.424. The van der Waals surface area contributed by atoms with Crippen molar-refractivity contribution in [3.8, 4) is 0 Å². The van der Waals surface area contributed by atoms with Gasteiger partial charge in [0.05, 0.1) is 27.1 Å². The van der Waals surface area contributed by atoms with Crippen LogP contribution >= 0.6 is 23.4 Å². The minimum Gasteiger partial charge on any atom is -0.324 e. The molecule has 2 rings (SSSR count). The lowest BCUT2D eigenvalue weighted by molar-refractivity contribution is -0.384. The molecule has 26 heavy (non-hydrogen) atoms. The van der Waals surface area contributed by atoms with Gasteiger partial charge < -0.3 is 9.88 Å². The van der Waals surface area contributed by atoms with E-state index in [0.29, 0.717) is 5.92 Å². The van der Waals surface area contributed by atoms with Crippen LogP contribution in [0.25, 0.3) is 0 Å². The summed E-state index contributed by atoms with van der Waals surface area (Å²) in [6.07, 6.45) is 0. The summed E-state index contributed by atoms with van der Waals surface area (Å²) in [5.41, 5.74) is 2.12. The van der Waals surface area contributed by atoms with Crippen molar-refractivity contribution in [2.24, 2.45) is 5.92 Å². The second-order valence-electron chi connectivity index (χ2n) is 6.33. The van der Waals surface area contributed by atoms with E-state index in [1.54, 1.807) is 0 Å². The Bertz CT molecular complexity index is 836. The smallest absolute Gasteiger partial charge is 0.271 e. The summed E-state index contributed by atoms with van der Waals surface area (Å²) < 4.78 is 2.11. The summed E-state index contributed by atoms with van der Waals surface area (Å²) in [7, 11) is 0. The van der Waals surface area contributed by atoms with Crippen LogP contribution in [0, 0.1) is 29.9 Å². The van der Waals surface area contributed by atoms with Crippen LogP contribution in [0.4, 0.5) is 11.4 Å². The highest BCUT2D eigenvalue weighted by molar-refractivity contribution is 7.99. The predicted molar refractivity (Wildman–Crippen MR) is 104 cm³/mol. The number of nitro benzene ring substituents is 1. The topological polar surface area (TPSA) is 90.1 Å². The number of carbonyl (C=O) groups is 1. The molecule has 0 aliphatic carbocycles. The molecule has 0 aliphatic heterocycles. The number of hydrogen-bond acceptors (Lipinski definition) is 5. The van der Waals surface area contributed by atoms with E-state index in [0.717, 1.165) is 23.1 Å². The molecule has 0 fully saturated rings. The van der Waals surface area contributed by atoms with Gasteiger partial charge in [0.15, 0.2) is 5.16 Å². The Morgan fingerprint density at radius 1 is 1.42 bits per heavy atom. The molecule has 0 bridgehead atoms. The van der Waals surface area contributed by atoms with E-state index in [2.05, 4.69) is 28.7 Å². The van der Waals surface area contributed by atoms with Gasteiger partial charge >= 0.3 is 0 Å². The first-order chi connectivity index (χ1) is 12.2. The number of nitro groups is 1. The maximum Gasteiger partial charge on any atom is 0.271 e. The van der Waals surface area contributed by atoms with Gasteiger partial charge in [0.1, 0.15) is 0 Å². The van der Waals surface area contributed by atoms with Crippen LogP contribution in [-0.4, -0.2) is 26.1 Å².